The zero-order valence-corrected chi connectivity index (χ0v) is 7.54. The number of carbonyl (C=O) groups is 1. The SMILES string of the molecule is CCC(=O)c1cc2c(cn1)COC2. The average Bonchev–Trinajstić information content (AvgIpc) is 2.63. The molecule has 0 saturated carbocycles. The number of nitrogens with zero attached hydrogens (tertiary/aromatic N) is 1. The Balaban J connectivity index is 2.36. The van der Waals surface area contributed by atoms with Gasteiger partial charge in [0, 0.05) is 18.2 Å². The second-order valence-corrected chi connectivity index (χ2v) is 3.11. The highest BCUT2D eigenvalue weighted by Gasteiger charge is 2.14. The van der Waals surface area contributed by atoms with Crippen molar-refractivity contribution in [2.45, 2.75) is 26.6 Å². The molecule has 1 aliphatic heterocycles. The number of ketones is 1. The van der Waals surface area contributed by atoms with E-state index in [-0.39, 0.29) is 5.78 Å². The van der Waals surface area contributed by atoms with Crippen molar-refractivity contribution in [3.63, 3.8) is 0 Å². The highest BCUT2D eigenvalue weighted by molar-refractivity contribution is 5.94. The summed E-state index contributed by atoms with van der Waals surface area (Å²) in [5, 5.41) is 0. The maximum absolute atomic E-state index is 11.3. The van der Waals surface area contributed by atoms with E-state index in [0.29, 0.717) is 25.3 Å². The Kier molecular flexibility index (Phi) is 2.10. The molecule has 0 aliphatic carbocycles. The van der Waals surface area contributed by atoms with E-state index in [9.17, 15) is 4.79 Å². The zero-order chi connectivity index (χ0) is 9.26. The molecule has 2 heterocycles. The third kappa shape index (κ3) is 1.47. The first-order valence-electron chi connectivity index (χ1n) is 4.40. The van der Waals surface area contributed by atoms with Gasteiger partial charge in [-0.25, -0.2) is 0 Å². The monoisotopic (exact) mass is 177 g/mol. The van der Waals surface area contributed by atoms with E-state index >= 15 is 0 Å². The lowest BCUT2D eigenvalue weighted by atomic mass is 10.1. The minimum Gasteiger partial charge on any atom is -0.372 e. The predicted octanol–water partition coefficient (Wildman–Crippen LogP) is 1.70. The lowest BCUT2D eigenvalue weighted by molar-refractivity contribution is 0.0983. The molecule has 0 saturated heterocycles. The maximum Gasteiger partial charge on any atom is 0.180 e. The summed E-state index contributed by atoms with van der Waals surface area (Å²) >= 11 is 0. The number of carbonyl (C=O) groups excluding carboxylic acids is 1. The molecule has 0 radical (unpaired) electrons. The van der Waals surface area contributed by atoms with Crippen molar-refractivity contribution in [2.75, 3.05) is 0 Å². The summed E-state index contributed by atoms with van der Waals surface area (Å²) in [6.07, 6.45) is 2.25. The molecule has 13 heavy (non-hydrogen) atoms. The highest BCUT2D eigenvalue weighted by Crippen LogP contribution is 2.19. The fraction of sp³-hybridized carbons (Fsp3) is 0.400. The van der Waals surface area contributed by atoms with Crippen LogP contribution >= 0.6 is 0 Å². The van der Waals surface area contributed by atoms with Crippen LogP contribution < -0.4 is 0 Å². The Bertz CT molecular complexity index is 347. The number of aromatic nitrogens is 1. The number of ether oxygens (including phenoxy) is 1. The van der Waals surface area contributed by atoms with Crippen molar-refractivity contribution in [3.8, 4) is 0 Å². The van der Waals surface area contributed by atoms with Gasteiger partial charge in [-0.15, -0.1) is 0 Å². The van der Waals surface area contributed by atoms with E-state index in [1.54, 1.807) is 6.20 Å². The number of pyridine rings is 1. The van der Waals surface area contributed by atoms with Crippen molar-refractivity contribution < 1.29 is 9.53 Å². The van der Waals surface area contributed by atoms with Gasteiger partial charge in [-0.3, -0.25) is 9.78 Å². The summed E-state index contributed by atoms with van der Waals surface area (Å²) < 4.78 is 5.23. The molecule has 1 aromatic heterocycles. The number of hydrogen-bond donors (Lipinski definition) is 0. The third-order valence-corrected chi connectivity index (χ3v) is 2.20. The summed E-state index contributed by atoms with van der Waals surface area (Å²) in [5.74, 6) is 0.0923. The van der Waals surface area contributed by atoms with E-state index < -0.39 is 0 Å². The molecule has 68 valence electrons. The lowest BCUT2D eigenvalue weighted by Crippen LogP contribution is -2.01. The Morgan fingerprint density at radius 3 is 3.08 bits per heavy atom. The minimum atomic E-state index is 0.0923. The van der Waals surface area contributed by atoms with Gasteiger partial charge in [0.1, 0.15) is 5.69 Å². The van der Waals surface area contributed by atoms with Gasteiger partial charge in [-0.05, 0) is 11.6 Å². The van der Waals surface area contributed by atoms with Crippen LogP contribution in [0.25, 0.3) is 0 Å². The van der Waals surface area contributed by atoms with Crippen LogP contribution in [0.3, 0.4) is 0 Å². The molecule has 0 bridgehead atoms. The van der Waals surface area contributed by atoms with Gasteiger partial charge in [0.15, 0.2) is 5.78 Å². The van der Waals surface area contributed by atoms with Crippen molar-refractivity contribution in [1.82, 2.24) is 4.98 Å². The van der Waals surface area contributed by atoms with Crippen molar-refractivity contribution in [1.29, 1.82) is 0 Å². The van der Waals surface area contributed by atoms with Crippen molar-refractivity contribution in [2.24, 2.45) is 0 Å². The molecule has 0 fully saturated rings. The first kappa shape index (κ1) is 8.38. The van der Waals surface area contributed by atoms with E-state index in [0.717, 1.165) is 11.1 Å². The summed E-state index contributed by atoms with van der Waals surface area (Å²) in [4.78, 5) is 15.4. The van der Waals surface area contributed by atoms with E-state index in [2.05, 4.69) is 4.98 Å². The Labute approximate surface area is 76.7 Å². The highest BCUT2D eigenvalue weighted by atomic mass is 16.5. The molecule has 0 amide bonds. The summed E-state index contributed by atoms with van der Waals surface area (Å²) in [7, 11) is 0. The molecule has 0 spiro atoms. The quantitative estimate of drug-likeness (QED) is 0.645. The van der Waals surface area contributed by atoms with Crippen LogP contribution in [0, 0.1) is 0 Å². The fourth-order valence-corrected chi connectivity index (χ4v) is 1.39. The minimum absolute atomic E-state index is 0.0923. The van der Waals surface area contributed by atoms with E-state index in [1.807, 2.05) is 13.0 Å². The van der Waals surface area contributed by atoms with Crippen LogP contribution in [-0.2, 0) is 18.0 Å². The summed E-state index contributed by atoms with van der Waals surface area (Å²) in [6, 6.07) is 1.84. The van der Waals surface area contributed by atoms with Gasteiger partial charge in [0.05, 0.1) is 13.2 Å². The van der Waals surface area contributed by atoms with E-state index in [1.165, 1.54) is 0 Å². The Hall–Kier alpha value is -1.22. The molecular formula is C10H11NO2. The van der Waals surface area contributed by atoms with E-state index in [4.69, 9.17) is 4.74 Å². The zero-order valence-electron chi connectivity index (χ0n) is 7.54. The Morgan fingerprint density at radius 2 is 2.31 bits per heavy atom. The fourth-order valence-electron chi connectivity index (χ4n) is 1.39. The molecule has 1 aliphatic rings. The smallest absolute Gasteiger partial charge is 0.180 e. The van der Waals surface area contributed by atoms with Gasteiger partial charge in [0.2, 0.25) is 0 Å². The van der Waals surface area contributed by atoms with Gasteiger partial charge in [-0.2, -0.15) is 0 Å². The molecule has 1 aromatic rings. The van der Waals surface area contributed by atoms with Crippen LogP contribution in [0.2, 0.25) is 0 Å². The molecule has 0 atom stereocenters. The van der Waals surface area contributed by atoms with Gasteiger partial charge in [0.25, 0.3) is 0 Å². The molecule has 0 aromatic carbocycles. The number of fused-ring (bicyclic) bond motifs is 1. The van der Waals surface area contributed by atoms with Crippen LogP contribution in [0.15, 0.2) is 12.3 Å². The van der Waals surface area contributed by atoms with Crippen molar-refractivity contribution >= 4 is 5.78 Å². The molecule has 0 N–H and O–H groups in total. The van der Waals surface area contributed by atoms with Crippen LogP contribution in [0.1, 0.15) is 35.0 Å². The predicted molar refractivity (Wildman–Crippen MR) is 47.4 cm³/mol. The molecule has 2 rings (SSSR count). The number of rotatable bonds is 2. The average molecular weight is 177 g/mol. The normalized spacial score (nSPS) is 14.2. The van der Waals surface area contributed by atoms with Gasteiger partial charge < -0.3 is 4.74 Å². The Morgan fingerprint density at radius 1 is 1.54 bits per heavy atom. The van der Waals surface area contributed by atoms with Crippen LogP contribution in [0.5, 0.6) is 0 Å². The van der Waals surface area contributed by atoms with Crippen LogP contribution in [0.4, 0.5) is 0 Å². The van der Waals surface area contributed by atoms with Gasteiger partial charge in [-0.1, -0.05) is 6.92 Å². The van der Waals surface area contributed by atoms with Crippen LogP contribution in [-0.4, -0.2) is 10.8 Å². The summed E-state index contributed by atoms with van der Waals surface area (Å²) in [5.41, 5.74) is 2.77. The molecule has 3 heteroatoms. The lowest BCUT2D eigenvalue weighted by Gasteiger charge is -1.99. The van der Waals surface area contributed by atoms with Crippen molar-refractivity contribution in [3.05, 3.63) is 29.1 Å². The second kappa shape index (κ2) is 3.26. The molecular weight excluding hydrogens is 166 g/mol. The number of Topliss-reactive ketones (excluding diaryl/α,β-unsaturated/α-hetero) is 1. The molecule has 3 nitrogen and oxygen atoms in total. The standard InChI is InChI=1S/C10H11NO2/c1-2-10(12)9-3-7-5-13-6-8(7)4-11-9/h3-4H,2,5-6H2,1H3. The largest absolute Gasteiger partial charge is 0.372 e. The molecule has 0 unspecified atom stereocenters. The van der Waals surface area contributed by atoms with Gasteiger partial charge >= 0.3 is 0 Å². The third-order valence-electron chi connectivity index (χ3n) is 2.20. The summed E-state index contributed by atoms with van der Waals surface area (Å²) in [6.45, 7) is 3.08. The first-order valence-corrected chi connectivity index (χ1v) is 4.40. The topological polar surface area (TPSA) is 39.2 Å². The second-order valence-electron chi connectivity index (χ2n) is 3.11. The number of hydrogen-bond acceptors (Lipinski definition) is 3. The first-order chi connectivity index (χ1) is 6.31. The maximum atomic E-state index is 11.3.